The number of nitrogens with one attached hydrogen (secondary N) is 1. The molecule has 1 heterocycles. The lowest BCUT2D eigenvalue weighted by Gasteiger charge is -2.26. The number of anilines is 2. The Labute approximate surface area is 152 Å². The van der Waals surface area contributed by atoms with Crippen LogP contribution >= 0.6 is 11.3 Å². The van der Waals surface area contributed by atoms with Crippen LogP contribution in [0.4, 0.5) is 10.8 Å². The zero-order valence-electron chi connectivity index (χ0n) is 14.8. The molecule has 0 saturated carbocycles. The van der Waals surface area contributed by atoms with Gasteiger partial charge in [0.2, 0.25) is 5.91 Å². The maximum atomic E-state index is 12.4. The Balaban J connectivity index is 1.69. The van der Waals surface area contributed by atoms with Gasteiger partial charge < -0.3 is 10.2 Å². The van der Waals surface area contributed by atoms with E-state index in [9.17, 15) is 9.59 Å². The highest BCUT2D eigenvalue weighted by Gasteiger charge is 2.34. The van der Waals surface area contributed by atoms with Gasteiger partial charge in [-0.1, -0.05) is 43.4 Å². The standard InChI is InChI=1S/C19H23N3O2S/c1-4-22(13-8-6-5-7-9-13)12-16(24)21-18-20-14-10-19(2,3)11-15(23)17(14)25-18/h5-9H,4,10-12H2,1-3H3,(H,20,21,24). The molecule has 25 heavy (non-hydrogen) atoms. The number of para-hydroxylation sites is 1. The predicted molar refractivity (Wildman–Crippen MR) is 102 cm³/mol. The summed E-state index contributed by atoms with van der Waals surface area (Å²) in [7, 11) is 0. The number of thiazole rings is 1. The van der Waals surface area contributed by atoms with E-state index in [1.165, 1.54) is 11.3 Å². The minimum absolute atomic E-state index is 0.0637. The first-order valence-electron chi connectivity index (χ1n) is 8.51. The van der Waals surface area contributed by atoms with Crippen LogP contribution in [0.25, 0.3) is 0 Å². The molecule has 5 nitrogen and oxygen atoms in total. The highest BCUT2D eigenvalue weighted by molar-refractivity contribution is 7.17. The number of fused-ring (bicyclic) bond motifs is 1. The molecule has 1 N–H and O–H groups in total. The van der Waals surface area contributed by atoms with Gasteiger partial charge in [0, 0.05) is 18.7 Å². The van der Waals surface area contributed by atoms with Crippen LogP contribution in [0.5, 0.6) is 0 Å². The molecular weight excluding hydrogens is 334 g/mol. The minimum atomic E-state index is -0.122. The summed E-state index contributed by atoms with van der Waals surface area (Å²) in [5.74, 6) is 0.00669. The molecule has 6 heteroatoms. The number of carbonyl (C=O) groups excluding carboxylic acids is 2. The molecule has 1 aromatic carbocycles. The molecule has 2 aromatic rings. The van der Waals surface area contributed by atoms with Crippen molar-refractivity contribution in [1.82, 2.24) is 4.98 Å². The second-order valence-corrected chi connectivity index (χ2v) is 8.13. The van der Waals surface area contributed by atoms with Crippen molar-refractivity contribution in [1.29, 1.82) is 0 Å². The topological polar surface area (TPSA) is 62.3 Å². The van der Waals surface area contributed by atoms with Gasteiger partial charge in [-0.3, -0.25) is 9.59 Å². The zero-order valence-corrected chi connectivity index (χ0v) is 15.7. The van der Waals surface area contributed by atoms with Crippen molar-refractivity contribution < 1.29 is 9.59 Å². The van der Waals surface area contributed by atoms with E-state index in [-0.39, 0.29) is 23.7 Å². The van der Waals surface area contributed by atoms with Gasteiger partial charge in [-0.05, 0) is 30.9 Å². The van der Waals surface area contributed by atoms with E-state index in [1.54, 1.807) is 0 Å². The number of nitrogens with zero attached hydrogens (tertiary/aromatic N) is 2. The smallest absolute Gasteiger partial charge is 0.245 e. The molecule has 0 aliphatic heterocycles. The molecule has 0 spiro atoms. The summed E-state index contributed by atoms with van der Waals surface area (Å²) in [5, 5.41) is 3.37. The van der Waals surface area contributed by atoms with Crippen LogP contribution in [-0.2, 0) is 11.2 Å². The van der Waals surface area contributed by atoms with E-state index in [0.29, 0.717) is 16.4 Å². The zero-order chi connectivity index (χ0) is 18.0. The van der Waals surface area contributed by atoms with Crippen molar-refractivity contribution in [3.8, 4) is 0 Å². The lowest BCUT2D eigenvalue weighted by molar-refractivity contribution is -0.115. The van der Waals surface area contributed by atoms with Crippen LogP contribution < -0.4 is 10.2 Å². The van der Waals surface area contributed by atoms with Gasteiger partial charge in [-0.2, -0.15) is 0 Å². The van der Waals surface area contributed by atoms with Crippen LogP contribution in [0.1, 0.15) is 42.6 Å². The van der Waals surface area contributed by atoms with Gasteiger partial charge in [0.1, 0.15) is 0 Å². The van der Waals surface area contributed by atoms with Crippen molar-refractivity contribution in [3.05, 3.63) is 40.9 Å². The molecule has 0 radical (unpaired) electrons. The Bertz CT molecular complexity index is 783. The molecule has 0 saturated heterocycles. The van der Waals surface area contributed by atoms with E-state index >= 15 is 0 Å². The Morgan fingerprint density at radius 2 is 2.00 bits per heavy atom. The maximum absolute atomic E-state index is 12.4. The first-order chi connectivity index (χ1) is 11.9. The number of Topliss-reactive ketones (excluding diaryl/α,β-unsaturated/α-hetero) is 1. The molecule has 0 bridgehead atoms. The van der Waals surface area contributed by atoms with Crippen LogP contribution in [0, 0.1) is 5.41 Å². The average molecular weight is 357 g/mol. The second-order valence-electron chi connectivity index (χ2n) is 7.13. The molecule has 1 aliphatic rings. The van der Waals surface area contributed by atoms with E-state index in [0.717, 1.165) is 24.3 Å². The normalized spacial score (nSPS) is 15.6. The van der Waals surface area contributed by atoms with Crippen LogP contribution in [0.2, 0.25) is 0 Å². The van der Waals surface area contributed by atoms with Crippen molar-refractivity contribution in [2.24, 2.45) is 5.41 Å². The van der Waals surface area contributed by atoms with E-state index in [4.69, 9.17) is 0 Å². The number of rotatable bonds is 5. The van der Waals surface area contributed by atoms with Crippen LogP contribution in [0.15, 0.2) is 30.3 Å². The Morgan fingerprint density at radius 3 is 2.68 bits per heavy atom. The van der Waals surface area contributed by atoms with Gasteiger partial charge >= 0.3 is 0 Å². The predicted octanol–water partition coefficient (Wildman–Crippen LogP) is 3.76. The van der Waals surface area contributed by atoms with Crippen molar-refractivity contribution in [2.45, 2.75) is 33.6 Å². The third-order valence-electron chi connectivity index (χ3n) is 4.32. The molecule has 0 atom stereocenters. The number of carbonyl (C=O) groups is 2. The summed E-state index contributed by atoms with van der Waals surface area (Å²) < 4.78 is 0. The Morgan fingerprint density at radius 1 is 1.28 bits per heavy atom. The van der Waals surface area contributed by atoms with Gasteiger partial charge in [-0.25, -0.2) is 4.98 Å². The molecule has 3 rings (SSSR count). The minimum Gasteiger partial charge on any atom is -0.362 e. The molecule has 1 amide bonds. The maximum Gasteiger partial charge on any atom is 0.245 e. The number of ketones is 1. The first kappa shape index (κ1) is 17.6. The van der Waals surface area contributed by atoms with Crippen molar-refractivity contribution >= 4 is 33.8 Å². The molecular formula is C19H23N3O2S. The van der Waals surface area contributed by atoms with Gasteiger partial charge in [0.05, 0.1) is 17.1 Å². The number of aromatic nitrogens is 1. The third kappa shape index (κ3) is 4.07. The molecule has 1 aromatic heterocycles. The lowest BCUT2D eigenvalue weighted by atomic mass is 9.78. The van der Waals surface area contributed by atoms with E-state index < -0.39 is 0 Å². The summed E-state index contributed by atoms with van der Waals surface area (Å²) in [6.07, 6.45) is 1.30. The average Bonchev–Trinajstić information content (AvgIpc) is 2.94. The quantitative estimate of drug-likeness (QED) is 0.885. The molecule has 1 aliphatic carbocycles. The second kappa shape index (κ2) is 6.96. The fraction of sp³-hybridized carbons (Fsp3) is 0.421. The van der Waals surface area contributed by atoms with Crippen LogP contribution in [-0.4, -0.2) is 29.8 Å². The number of hydrogen-bond acceptors (Lipinski definition) is 5. The summed E-state index contributed by atoms with van der Waals surface area (Å²) in [6, 6.07) is 9.84. The van der Waals surface area contributed by atoms with Crippen molar-refractivity contribution in [3.63, 3.8) is 0 Å². The van der Waals surface area contributed by atoms with E-state index in [1.807, 2.05) is 42.2 Å². The first-order valence-corrected chi connectivity index (χ1v) is 9.32. The number of benzene rings is 1. The summed E-state index contributed by atoms with van der Waals surface area (Å²) in [6.45, 7) is 7.15. The van der Waals surface area contributed by atoms with Gasteiger partial charge in [0.15, 0.2) is 10.9 Å². The monoisotopic (exact) mass is 357 g/mol. The number of amides is 1. The summed E-state index contributed by atoms with van der Waals surface area (Å²) in [4.78, 5) is 31.9. The largest absolute Gasteiger partial charge is 0.362 e. The van der Waals surface area contributed by atoms with Gasteiger partial charge in [0.25, 0.3) is 0 Å². The Kier molecular flexibility index (Phi) is 4.90. The fourth-order valence-electron chi connectivity index (χ4n) is 3.13. The van der Waals surface area contributed by atoms with Gasteiger partial charge in [-0.15, -0.1) is 0 Å². The summed E-state index contributed by atoms with van der Waals surface area (Å²) >= 11 is 1.29. The van der Waals surface area contributed by atoms with Crippen LogP contribution in [0.3, 0.4) is 0 Å². The molecule has 0 unspecified atom stereocenters. The summed E-state index contributed by atoms with van der Waals surface area (Å²) in [5.41, 5.74) is 1.76. The number of likely N-dealkylation sites (N-methyl/N-ethyl adjacent to an activating group) is 1. The fourth-order valence-corrected chi connectivity index (χ4v) is 4.07. The molecule has 0 fully saturated rings. The lowest BCUT2D eigenvalue weighted by Crippen LogP contribution is -2.33. The Hall–Kier alpha value is -2.21. The highest BCUT2D eigenvalue weighted by Crippen LogP contribution is 2.38. The van der Waals surface area contributed by atoms with E-state index in [2.05, 4.69) is 24.1 Å². The molecule has 132 valence electrons. The third-order valence-corrected chi connectivity index (χ3v) is 5.37. The highest BCUT2D eigenvalue weighted by atomic mass is 32.1. The SMILES string of the molecule is CCN(CC(=O)Nc1nc2c(s1)C(=O)CC(C)(C)C2)c1ccccc1. The number of hydrogen-bond donors (Lipinski definition) is 1. The van der Waals surface area contributed by atoms with Crippen molar-refractivity contribution in [2.75, 3.05) is 23.3 Å².